The number of ether oxygens (including phenoxy) is 1. The van der Waals surface area contributed by atoms with Crippen LogP contribution in [-0.4, -0.2) is 46.1 Å². The lowest BCUT2D eigenvalue weighted by atomic mass is 9.98. The molecule has 3 heterocycles. The summed E-state index contributed by atoms with van der Waals surface area (Å²) in [4.78, 5) is 36.2. The summed E-state index contributed by atoms with van der Waals surface area (Å²) >= 11 is 1.46. The first-order chi connectivity index (χ1) is 18.5. The first-order valence-electron chi connectivity index (χ1n) is 12.4. The Labute approximate surface area is 226 Å². The summed E-state index contributed by atoms with van der Waals surface area (Å²) in [5.41, 5.74) is 3.78. The van der Waals surface area contributed by atoms with Crippen LogP contribution >= 0.6 is 11.8 Å². The molecule has 1 aromatic carbocycles. The van der Waals surface area contributed by atoms with Gasteiger partial charge in [0.2, 0.25) is 0 Å². The number of allylic oxidation sites excluding steroid dienone is 2. The maximum Gasteiger partial charge on any atom is 0.358 e. The van der Waals surface area contributed by atoms with Crippen molar-refractivity contribution < 1.29 is 19.4 Å². The van der Waals surface area contributed by atoms with Crippen LogP contribution in [0, 0.1) is 0 Å². The predicted molar refractivity (Wildman–Crippen MR) is 151 cm³/mol. The van der Waals surface area contributed by atoms with Crippen molar-refractivity contribution in [1.29, 1.82) is 0 Å². The second kappa shape index (κ2) is 12.9. The van der Waals surface area contributed by atoms with E-state index in [0.29, 0.717) is 24.5 Å². The molecule has 2 amide bonds. The predicted octanol–water partition coefficient (Wildman–Crippen LogP) is 5.71. The molecule has 0 saturated heterocycles. The fourth-order valence-corrected chi connectivity index (χ4v) is 4.77. The van der Waals surface area contributed by atoms with Crippen LogP contribution in [0.3, 0.4) is 0 Å². The molecular weight excluding hydrogens is 500 g/mol. The number of nitrogens with zero attached hydrogens (tertiary/aromatic N) is 3. The Morgan fingerprint density at radius 1 is 1.24 bits per heavy atom. The highest BCUT2D eigenvalue weighted by Crippen LogP contribution is 2.33. The minimum Gasteiger partial charge on any atom is -0.491 e. The van der Waals surface area contributed by atoms with Gasteiger partial charge in [0.15, 0.2) is 11.4 Å². The van der Waals surface area contributed by atoms with E-state index in [1.807, 2.05) is 55.5 Å². The number of aryl methyl sites for hydroxylation is 1. The third-order valence-electron chi connectivity index (χ3n) is 5.98. The molecule has 0 unspecified atom stereocenters. The van der Waals surface area contributed by atoms with Crippen LogP contribution < -0.4 is 15.0 Å². The number of benzene rings is 1. The number of anilines is 1. The van der Waals surface area contributed by atoms with Gasteiger partial charge in [0, 0.05) is 41.0 Å². The van der Waals surface area contributed by atoms with Gasteiger partial charge in [-0.25, -0.2) is 14.6 Å². The molecule has 8 nitrogen and oxygen atoms in total. The molecule has 0 saturated carbocycles. The number of nitrogens with one attached hydrogen (secondary N) is 1. The second-order valence-electron chi connectivity index (χ2n) is 8.60. The van der Waals surface area contributed by atoms with Gasteiger partial charge in [-0.1, -0.05) is 36.9 Å². The number of fused-ring (bicyclic) bond motifs is 1. The molecule has 9 heteroatoms. The number of urea groups is 1. The van der Waals surface area contributed by atoms with Gasteiger partial charge in [-0.05, 0) is 55.7 Å². The van der Waals surface area contributed by atoms with Crippen molar-refractivity contribution in [2.45, 2.75) is 26.2 Å². The fourth-order valence-electron chi connectivity index (χ4n) is 4.15. The van der Waals surface area contributed by atoms with Gasteiger partial charge in [-0.2, -0.15) is 0 Å². The molecule has 0 aliphatic carbocycles. The van der Waals surface area contributed by atoms with Crippen LogP contribution in [-0.2, 0) is 12.8 Å². The Kier molecular flexibility index (Phi) is 9.16. The van der Waals surface area contributed by atoms with Crippen molar-refractivity contribution in [1.82, 2.24) is 15.3 Å². The summed E-state index contributed by atoms with van der Waals surface area (Å²) in [6.07, 6.45) is 7.79. The van der Waals surface area contributed by atoms with Crippen LogP contribution in [0.15, 0.2) is 78.4 Å². The second-order valence-corrected chi connectivity index (χ2v) is 9.71. The Morgan fingerprint density at radius 2 is 2.11 bits per heavy atom. The zero-order valence-corrected chi connectivity index (χ0v) is 22.0. The van der Waals surface area contributed by atoms with Crippen LogP contribution in [0.1, 0.15) is 35.1 Å². The van der Waals surface area contributed by atoms with Gasteiger partial charge < -0.3 is 15.2 Å². The Balaban J connectivity index is 1.50. The van der Waals surface area contributed by atoms with Crippen molar-refractivity contribution >= 4 is 29.4 Å². The zero-order valence-electron chi connectivity index (χ0n) is 21.2. The minimum atomic E-state index is -1.17. The number of carbonyl (C=O) groups is 2. The summed E-state index contributed by atoms with van der Waals surface area (Å²) in [5.74, 6) is -0.553. The summed E-state index contributed by atoms with van der Waals surface area (Å²) in [6.45, 7) is 6.74. The van der Waals surface area contributed by atoms with Gasteiger partial charge in [0.25, 0.3) is 0 Å². The minimum absolute atomic E-state index is 0.158. The van der Waals surface area contributed by atoms with E-state index < -0.39 is 5.97 Å². The number of aromatic carboxylic acids is 1. The van der Waals surface area contributed by atoms with Crippen molar-refractivity contribution in [2.24, 2.45) is 0 Å². The molecule has 2 aromatic heterocycles. The number of pyridine rings is 2. The lowest BCUT2D eigenvalue weighted by molar-refractivity contribution is 0.0685. The lowest BCUT2D eigenvalue weighted by Crippen LogP contribution is -2.42. The number of carboxylic acids is 1. The van der Waals surface area contributed by atoms with E-state index in [0.717, 1.165) is 40.3 Å². The Morgan fingerprint density at radius 3 is 2.87 bits per heavy atom. The molecule has 0 bridgehead atoms. The average molecular weight is 531 g/mol. The van der Waals surface area contributed by atoms with Gasteiger partial charge in [-0.3, -0.25) is 9.88 Å². The van der Waals surface area contributed by atoms with Crippen molar-refractivity contribution in [3.8, 4) is 17.0 Å². The number of rotatable bonds is 10. The smallest absolute Gasteiger partial charge is 0.358 e. The van der Waals surface area contributed by atoms with E-state index in [1.165, 1.54) is 11.8 Å². The van der Waals surface area contributed by atoms with Crippen LogP contribution in [0.2, 0.25) is 0 Å². The van der Waals surface area contributed by atoms with E-state index >= 15 is 0 Å². The molecule has 2 N–H and O–H groups in total. The van der Waals surface area contributed by atoms with Gasteiger partial charge in [0.1, 0.15) is 0 Å². The maximum absolute atomic E-state index is 13.0. The molecule has 1 aliphatic heterocycles. The molecule has 0 spiro atoms. The summed E-state index contributed by atoms with van der Waals surface area (Å²) < 4.78 is 5.75. The van der Waals surface area contributed by atoms with Crippen molar-refractivity contribution in [3.05, 3.63) is 95.3 Å². The first kappa shape index (κ1) is 26.9. The van der Waals surface area contributed by atoms with E-state index in [-0.39, 0.29) is 24.1 Å². The highest BCUT2D eigenvalue weighted by molar-refractivity contribution is 8.03. The SMILES string of the molecule is C=C(/C=C\C)SCNC(=O)N1CCCc2ccc(-c3ccc(OCCc4ccccn4)c(C(=O)O)n3)cc21. The average Bonchev–Trinajstić information content (AvgIpc) is 2.93. The normalized spacial score (nSPS) is 12.7. The fraction of sp³-hybridized carbons (Fsp3) is 0.241. The molecular formula is C29H30N4O4S. The highest BCUT2D eigenvalue weighted by Gasteiger charge is 2.24. The Hall–Kier alpha value is -4.11. The van der Waals surface area contributed by atoms with E-state index in [2.05, 4.69) is 21.9 Å². The van der Waals surface area contributed by atoms with Gasteiger partial charge in [-0.15, -0.1) is 11.8 Å². The molecule has 196 valence electrons. The Bertz CT molecular complexity index is 1340. The summed E-state index contributed by atoms with van der Waals surface area (Å²) in [5, 5.41) is 12.7. The molecule has 4 rings (SSSR count). The van der Waals surface area contributed by atoms with Crippen LogP contribution in [0.4, 0.5) is 10.5 Å². The highest BCUT2D eigenvalue weighted by atomic mass is 32.2. The van der Waals surface area contributed by atoms with Gasteiger partial charge in [0.05, 0.1) is 18.2 Å². The van der Waals surface area contributed by atoms with Crippen molar-refractivity contribution in [3.63, 3.8) is 0 Å². The maximum atomic E-state index is 13.0. The third-order valence-corrected chi connectivity index (χ3v) is 6.78. The summed E-state index contributed by atoms with van der Waals surface area (Å²) in [7, 11) is 0. The van der Waals surface area contributed by atoms with E-state index in [1.54, 1.807) is 23.2 Å². The van der Waals surface area contributed by atoms with E-state index in [4.69, 9.17) is 4.74 Å². The van der Waals surface area contributed by atoms with Gasteiger partial charge >= 0.3 is 12.0 Å². The molecule has 38 heavy (non-hydrogen) atoms. The van der Waals surface area contributed by atoms with Crippen molar-refractivity contribution in [2.75, 3.05) is 23.9 Å². The molecule has 1 aliphatic rings. The van der Waals surface area contributed by atoms with Crippen LogP contribution in [0.5, 0.6) is 5.75 Å². The molecule has 0 atom stereocenters. The molecule has 0 fully saturated rings. The number of aromatic nitrogens is 2. The number of hydrogen-bond acceptors (Lipinski definition) is 6. The molecule has 0 radical (unpaired) electrons. The zero-order chi connectivity index (χ0) is 26.9. The number of hydrogen-bond donors (Lipinski definition) is 2. The summed E-state index contributed by atoms with van der Waals surface area (Å²) in [6, 6.07) is 14.6. The number of carboxylic acid groups (broad SMARTS) is 1. The number of thioether (sulfide) groups is 1. The standard InChI is InChI=1S/C29H30N4O4S/c1-3-7-20(2)38-19-31-29(36)33-16-6-8-21-10-11-22(18-25(21)33)24-12-13-26(27(32-24)28(34)35)37-17-14-23-9-4-5-15-30-23/h3-5,7,9-13,15,18H,2,6,8,14,16-17,19H2,1H3,(H,31,36)(H,34,35)/b7-3-. The van der Waals surface area contributed by atoms with E-state index in [9.17, 15) is 14.7 Å². The third kappa shape index (κ3) is 6.80. The first-order valence-corrected chi connectivity index (χ1v) is 13.3. The lowest BCUT2D eigenvalue weighted by Gasteiger charge is -2.30. The van der Waals surface area contributed by atoms with Crippen LogP contribution in [0.25, 0.3) is 11.3 Å². The quantitative estimate of drug-likeness (QED) is 0.256. The molecule has 3 aromatic rings. The topological polar surface area (TPSA) is 105 Å². The number of amides is 2. The largest absolute Gasteiger partial charge is 0.491 e. The number of carbonyl (C=O) groups excluding carboxylic acids is 1. The monoisotopic (exact) mass is 530 g/mol.